The van der Waals surface area contributed by atoms with Gasteiger partial charge < -0.3 is 14.9 Å². The van der Waals surface area contributed by atoms with E-state index in [2.05, 4.69) is 6.58 Å². The summed E-state index contributed by atoms with van der Waals surface area (Å²) in [6.45, 7) is 9.75. The lowest BCUT2D eigenvalue weighted by Gasteiger charge is -2.64. The lowest BCUT2D eigenvalue weighted by atomic mass is 9.45. The van der Waals surface area contributed by atoms with Crippen molar-refractivity contribution in [2.24, 2.45) is 28.6 Å². The van der Waals surface area contributed by atoms with Gasteiger partial charge in [0, 0.05) is 22.8 Å². The van der Waals surface area contributed by atoms with Crippen LogP contribution in [0.25, 0.3) is 0 Å². The van der Waals surface area contributed by atoms with Crippen LogP contribution in [0.1, 0.15) is 46.5 Å². The second-order valence-electron chi connectivity index (χ2n) is 9.28. The summed E-state index contributed by atoms with van der Waals surface area (Å²) in [5.74, 6) is -4.98. The Morgan fingerprint density at radius 2 is 1.88 bits per heavy atom. The Bertz CT molecular complexity index is 722. The van der Waals surface area contributed by atoms with Crippen molar-refractivity contribution in [1.29, 1.82) is 0 Å². The first-order valence-corrected chi connectivity index (χ1v) is 9.08. The number of carbonyl (C=O) groups excluding carboxylic acids is 2. The van der Waals surface area contributed by atoms with Crippen LogP contribution in [0.15, 0.2) is 24.3 Å². The summed E-state index contributed by atoms with van der Waals surface area (Å²) in [7, 11) is 0. The second-order valence-corrected chi connectivity index (χ2v) is 9.28. The lowest BCUT2D eigenvalue weighted by Crippen LogP contribution is -2.75. The summed E-state index contributed by atoms with van der Waals surface area (Å²) in [6, 6.07) is 0. The van der Waals surface area contributed by atoms with E-state index < -0.39 is 51.7 Å². The third-order valence-corrected chi connectivity index (χ3v) is 7.29. The van der Waals surface area contributed by atoms with Gasteiger partial charge in [-0.05, 0) is 31.1 Å². The van der Waals surface area contributed by atoms with E-state index in [0.717, 1.165) is 0 Å². The summed E-state index contributed by atoms with van der Waals surface area (Å²) in [6.07, 6.45) is 5.83. The van der Waals surface area contributed by atoms with Crippen LogP contribution in [0.5, 0.6) is 0 Å². The first-order chi connectivity index (χ1) is 11.5. The third kappa shape index (κ3) is 1.91. The minimum atomic E-state index is -2.18. The Morgan fingerprint density at radius 3 is 2.52 bits per heavy atom. The molecule has 0 aromatic carbocycles. The summed E-state index contributed by atoms with van der Waals surface area (Å²) >= 11 is 0. The smallest absolute Gasteiger partial charge is 0.312 e. The van der Waals surface area contributed by atoms with Gasteiger partial charge in [-0.3, -0.25) is 9.59 Å². The van der Waals surface area contributed by atoms with E-state index in [9.17, 15) is 19.8 Å². The maximum absolute atomic E-state index is 13.2. The van der Waals surface area contributed by atoms with Crippen molar-refractivity contribution in [3.05, 3.63) is 24.3 Å². The predicted octanol–water partition coefficient (Wildman–Crippen LogP) is 2.13. The first-order valence-electron chi connectivity index (χ1n) is 9.08. The molecule has 4 rings (SSSR count). The van der Waals surface area contributed by atoms with Crippen LogP contribution in [0.3, 0.4) is 0 Å². The molecule has 136 valence electrons. The number of carbonyl (C=O) groups is 2. The minimum absolute atomic E-state index is 0.195. The molecule has 0 amide bonds. The van der Waals surface area contributed by atoms with E-state index >= 15 is 0 Å². The topological polar surface area (TPSA) is 83.8 Å². The molecular weight excluding hydrogens is 320 g/mol. The molecule has 4 aliphatic rings. The van der Waals surface area contributed by atoms with E-state index in [-0.39, 0.29) is 5.57 Å². The Hall–Kier alpha value is -1.46. The average Bonchev–Trinajstić information content (AvgIpc) is 2.54. The molecule has 1 saturated heterocycles. The number of aliphatic hydroxyl groups is 2. The summed E-state index contributed by atoms with van der Waals surface area (Å²) in [5, 5.41) is 22.8. The molecule has 2 saturated carbocycles. The first kappa shape index (κ1) is 17.0. The number of ketones is 1. The number of ether oxygens (including phenoxy) is 1. The Labute approximate surface area is 147 Å². The monoisotopic (exact) mass is 346 g/mol. The van der Waals surface area contributed by atoms with Gasteiger partial charge in [0.2, 0.25) is 5.78 Å². The number of hydrogen-bond acceptors (Lipinski definition) is 5. The highest BCUT2D eigenvalue weighted by Crippen LogP contribution is 2.65. The number of hydrogen-bond donors (Lipinski definition) is 2. The number of esters is 1. The van der Waals surface area contributed by atoms with Gasteiger partial charge >= 0.3 is 5.97 Å². The van der Waals surface area contributed by atoms with Crippen LogP contribution in [-0.2, 0) is 14.3 Å². The largest absolute Gasteiger partial charge is 0.424 e. The van der Waals surface area contributed by atoms with Crippen LogP contribution < -0.4 is 0 Å². The molecule has 25 heavy (non-hydrogen) atoms. The fourth-order valence-electron chi connectivity index (χ4n) is 5.79. The molecule has 5 heteroatoms. The zero-order valence-electron chi connectivity index (χ0n) is 15.0. The molecule has 1 unspecified atom stereocenters. The van der Waals surface area contributed by atoms with Crippen LogP contribution >= 0.6 is 0 Å². The fraction of sp³-hybridized carbons (Fsp3) is 0.700. The Morgan fingerprint density at radius 1 is 1.20 bits per heavy atom. The molecule has 1 aliphatic heterocycles. The number of Topliss-reactive ketones (excluding diaryl/α,β-unsaturated/α-hetero) is 1. The van der Waals surface area contributed by atoms with Crippen molar-refractivity contribution in [2.75, 3.05) is 0 Å². The zero-order valence-corrected chi connectivity index (χ0v) is 15.0. The number of allylic oxidation sites excluding steroid dienone is 2. The molecule has 3 aliphatic carbocycles. The summed E-state index contributed by atoms with van der Waals surface area (Å²) in [4.78, 5) is 25.7. The molecule has 0 aromatic rings. The highest BCUT2D eigenvalue weighted by Gasteiger charge is 2.74. The molecule has 2 N–H and O–H groups in total. The van der Waals surface area contributed by atoms with Gasteiger partial charge in [-0.2, -0.15) is 0 Å². The standard InChI is InChI=1S/C20H26O5/c1-5-18(4)8-9-19(23)12(10-18)15(21)20(24)14-13(19)11(16(22)25-20)6-7-17(14,2)3/h5,10-11,13-14,23-24H,1,6-9H2,2-4H3/t11?,13-,14+,18+,19+,20-/m1/s1. The SMILES string of the molecule is C=C[C@]1(C)C=C2C(=O)[C@]3(O)OC(=O)C4CCC(C)(C)[C@@H]3[C@@H]4[C@]2(O)CC1. The van der Waals surface area contributed by atoms with Crippen LogP contribution in [0, 0.1) is 28.6 Å². The van der Waals surface area contributed by atoms with Gasteiger partial charge in [0.05, 0.1) is 11.5 Å². The van der Waals surface area contributed by atoms with Gasteiger partial charge in [0.15, 0.2) is 0 Å². The number of fused-ring (bicyclic) bond motifs is 1. The lowest BCUT2D eigenvalue weighted by molar-refractivity contribution is -0.306. The maximum atomic E-state index is 13.2. The Kier molecular flexibility index (Phi) is 3.14. The van der Waals surface area contributed by atoms with Crippen LogP contribution in [0.4, 0.5) is 0 Å². The van der Waals surface area contributed by atoms with E-state index in [1.54, 1.807) is 12.2 Å². The zero-order chi connectivity index (χ0) is 18.4. The molecule has 4 bridgehead atoms. The average molecular weight is 346 g/mol. The van der Waals surface area contributed by atoms with Crippen LogP contribution in [0.2, 0.25) is 0 Å². The molecule has 5 nitrogen and oxygen atoms in total. The van der Waals surface area contributed by atoms with E-state index in [1.807, 2.05) is 20.8 Å². The molecule has 0 radical (unpaired) electrons. The maximum Gasteiger partial charge on any atom is 0.312 e. The van der Waals surface area contributed by atoms with Crippen molar-refractivity contribution in [3.8, 4) is 0 Å². The molecular formula is C20H26O5. The molecule has 6 atom stereocenters. The second kappa shape index (κ2) is 4.63. The molecule has 3 fully saturated rings. The van der Waals surface area contributed by atoms with Crippen LogP contribution in [-0.4, -0.2) is 33.4 Å². The quantitative estimate of drug-likeness (QED) is 0.561. The molecule has 0 aromatic heterocycles. The van der Waals surface area contributed by atoms with Crippen molar-refractivity contribution in [1.82, 2.24) is 0 Å². The number of rotatable bonds is 1. The fourth-order valence-corrected chi connectivity index (χ4v) is 5.79. The van der Waals surface area contributed by atoms with Gasteiger partial charge in [0.25, 0.3) is 5.79 Å². The van der Waals surface area contributed by atoms with Gasteiger partial charge in [-0.1, -0.05) is 32.9 Å². The molecule has 1 heterocycles. The highest BCUT2D eigenvalue weighted by molar-refractivity contribution is 6.06. The Balaban J connectivity index is 1.97. The van der Waals surface area contributed by atoms with Crippen molar-refractivity contribution in [2.45, 2.75) is 57.8 Å². The van der Waals surface area contributed by atoms with Gasteiger partial charge in [0.1, 0.15) is 0 Å². The summed E-state index contributed by atoms with van der Waals surface area (Å²) in [5.41, 5.74) is -2.03. The third-order valence-electron chi connectivity index (χ3n) is 7.29. The van der Waals surface area contributed by atoms with Gasteiger partial charge in [-0.25, -0.2) is 0 Å². The van der Waals surface area contributed by atoms with E-state index in [1.165, 1.54) is 0 Å². The van der Waals surface area contributed by atoms with Crippen molar-refractivity contribution < 1.29 is 24.5 Å². The molecule has 0 spiro atoms. The van der Waals surface area contributed by atoms with E-state index in [4.69, 9.17) is 4.74 Å². The van der Waals surface area contributed by atoms with Crippen molar-refractivity contribution in [3.63, 3.8) is 0 Å². The van der Waals surface area contributed by atoms with Crippen molar-refractivity contribution >= 4 is 11.8 Å². The van der Waals surface area contributed by atoms with Gasteiger partial charge in [-0.15, -0.1) is 6.58 Å². The predicted molar refractivity (Wildman–Crippen MR) is 90.1 cm³/mol. The highest BCUT2D eigenvalue weighted by atomic mass is 16.7. The normalized spacial score (nSPS) is 50.4. The van der Waals surface area contributed by atoms with E-state index in [0.29, 0.717) is 25.7 Å². The summed E-state index contributed by atoms with van der Waals surface area (Å²) < 4.78 is 5.34. The minimum Gasteiger partial charge on any atom is -0.424 e.